The van der Waals surface area contributed by atoms with Crippen LogP contribution in [-0.2, 0) is 0 Å². The molecule has 0 bridgehead atoms. The van der Waals surface area contributed by atoms with Crippen LogP contribution in [0.4, 0.5) is 0 Å². The molecule has 0 heterocycles. The minimum absolute atomic E-state index is 0.233. The third-order valence-electron chi connectivity index (χ3n) is 2.34. The van der Waals surface area contributed by atoms with Gasteiger partial charge in [-0.05, 0) is 17.2 Å². The second-order valence-corrected chi connectivity index (χ2v) is 5.11. The summed E-state index contributed by atoms with van der Waals surface area (Å²) in [7, 11) is 0. The lowest BCUT2D eigenvalue weighted by Crippen LogP contribution is -2.02. The first-order chi connectivity index (χ1) is 7.15. The molecule has 0 atom stereocenters. The second-order valence-electron chi connectivity index (χ2n) is 3.84. The van der Waals surface area contributed by atoms with E-state index < -0.39 is 0 Å². The molecule has 0 aliphatic carbocycles. The lowest BCUT2D eigenvalue weighted by atomic mass is 10.0. The molecule has 0 aromatic heterocycles. The van der Waals surface area contributed by atoms with Crippen LogP contribution in [0.3, 0.4) is 0 Å². The molecule has 0 spiro atoms. The maximum atomic E-state index is 11.7. The van der Waals surface area contributed by atoms with Crippen molar-refractivity contribution in [3.63, 3.8) is 0 Å². The Kier molecular flexibility index (Phi) is 4.89. The summed E-state index contributed by atoms with van der Waals surface area (Å²) < 4.78 is 0. The van der Waals surface area contributed by atoms with Gasteiger partial charge < -0.3 is 0 Å². The number of rotatable bonds is 5. The highest BCUT2D eigenvalue weighted by molar-refractivity contribution is 7.99. The topological polar surface area (TPSA) is 17.1 Å². The van der Waals surface area contributed by atoms with E-state index in [2.05, 4.69) is 32.9 Å². The quantitative estimate of drug-likeness (QED) is 0.706. The van der Waals surface area contributed by atoms with Gasteiger partial charge in [0.05, 0.1) is 5.75 Å². The smallest absolute Gasteiger partial charge is 0.172 e. The van der Waals surface area contributed by atoms with Crippen LogP contribution in [0.2, 0.25) is 0 Å². The molecule has 0 saturated heterocycles. The van der Waals surface area contributed by atoms with Crippen molar-refractivity contribution in [2.24, 2.45) is 0 Å². The number of benzene rings is 1. The van der Waals surface area contributed by atoms with Crippen LogP contribution in [0.1, 0.15) is 42.6 Å². The van der Waals surface area contributed by atoms with Crippen LogP contribution in [0, 0.1) is 0 Å². The Bertz CT molecular complexity index is 314. The van der Waals surface area contributed by atoms with Gasteiger partial charge in [0.15, 0.2) is 5.78 Å². The minimum atomic E-state index is 0.233. The van der Waals surface area contributed by atoms with Crippen molar-refractivity contribution in [1.29, 1.82) is 0 Å². The van der Waals surface area contributed by atoms with Crippen LogP contribution >= 0.6 is 11.8 Å². The van der Waals surface area contributed by atoms with Crippen LogP contribution in [0.5, 0.6) is 0 Å². The maximum absolute atomic E-state index is 11.7. The molecular weight excluding hydrogens is 204 g/mol. The molecule has 0 N–H and O–H groups in total. The Balaban J connectivity index is 2.67. The monoisotopic (exact) mass is 222 g/mol. The summed E-state index contributed by atoms with van der Waals surface area (Å²) in [6.07, 6.45) is 0. The average Bonchev–Trinajstić information content (AvgIpc) is 2.26. The van der Waals surface area contributed by atoms with Crippen molar-refractivity contribution in [3.8, 4) is 0 Å². The summed E-state index contributed by atoms with van der Waals surface area (Å²) >= 11 is 1.67. The van der Waals surface area contributed by atoms with Crippen LogP contribution in [0.15, 0.2) is 24.3 Å². The lowest BCUT2D eigenvalue weighted by molar-refractivity contribution is 0.102. The first-order valence-corrected chi connectivity index (χ1v) is 6.51. The van der Waals surface area contributed by atoms with Crippen LogP contribution < -0.4 is 0 Å². The minimum Gasteiger partial charge on any atom is -0.293 e. The van der Waals surface area contributed by atoms with E-state index in [0.29, 0.717) is 11.7 Å². The molecule has 0 fully saturated rings. The number of carbonyl (C=O) groups is 1. The maximum Gasteiger partial charge on any atom is 0.172 e. The molecule has 1 aromatic rings. The molecular formula is C13H18OS. The number of ketones is 1. The number of Topliss-reactive ketones (excluding diaryl/α,β-unsaturated/α-hetero) is 1. The number of hydrogen-bond acceptors (Lipinski definition) is 2. The SMILES string of the molecule is CCSCC(=O)c1ccc(C(C)C)cc1. The lowest BCUT2D eigenvalue weighted by Gasteiger charge is -2.06. The number of carbonyl (C=O) groups excluding carboxylic acids is 1. The molecule has 0 aliphatic heterocycles. The summed E-state index contributed by atoms with van der Waals surface area (Å²) in [5.74, 6) is 2.35. The first kappa shape index (κ1) is 12.3. The Morgan fingerprint density at radius 1 is 1.27 bits per heavy atom. The molecule has 1 aromatic carbocycles. The van der Waals surface area contributed by atoms with Crippen molar-refractivity contribution in [1.82, 2.24) is 0 Å². The first-order valence-electron chi connectivity index (χ1n) is 5.36. The van der Waals surface area contributed by atoms with Gasteiger partial charge in [-0.3, -0.25) is 4.79 Å². The van der Waals surface area contributed by atoms with Gasteiger partial charge in [-0.15, -0.1) is 0 Å². The van der Waals surface area contributed by atoms with E-state index in [9.17, 15) is 4.79 Å². The summed E-state index contributed by atoms with van der Waals surface area (Å²) in [6, 6.07) is 7.98. The van der Waals surface area contributed by atoms with Gasteiger partial charge in [0.2, 0.25) is 0 Å². The van der Waals surface area contributed by atoms with Crippen molar-refractivity contribution in [3.05, 3.63) is 35.4 Å². The third-order valence-corrected chi connectivity index (χ3v) is 3.21. The van der Waals surface area contributed by atoms with E-state index in [0.717, 1.165) is 11.3 Å². The molecule has 0 aliphatic rings. The summed E-state index contributed by atoms with van der Waals surface area (Å²) in [5.41, 5.74) is 2.12. The van der Waals surface area contributed by atoms with E-state index in [1.807, 2.05) is 12.1 Å². The fraction of sp³-hybridized carbons (Fsp3) is 0.462. The van der Waals surface area contributed by atoms with E-state index >= 15 is 0 Å². The molecule has 82 valence electrons. The Morgan fingerprint density at radius 2 is 1.87 bits per heavy atom. The van der Waals surface area contributed by atoms with Crippen molar-refractivity contribution in [2.45, 2.75) is 26.7 Å². The van der Waals surface area contributed by atoms with Gasteiger partial charge in [0.1, 0.15) is 0 Å². The van der Waals surface area contributed by atoms with Gasteiger partial charge in [-0.2, -0.15) is 11.8 Å². The molecule has 0 radical (unpaired) electrons. The molecule has 0 saturated carbocycles. The summed E-state index contributed by atoms with van der Waals surface area (Å²) in [4.78, 5) is 11.7. The zero-order valence-corrected chi connectivity index (χ0v) is 10.4. The molecule has 15 heavy (non-hydrogen) atoms. The Labute approximate surface area is 96.3 Å². The fourth-order valence-electron chi connectivity index (χ4n) is 1.33. The van der Waals surface area contributed by atoms with Gasteiger partial charge in [0.25, 0.3) is 0 Å². The molecule has 0 amide bonds. The largest absolute Gasteiger partial charge is 0.293 e. The molecule has 1 nitrogen and oxygen atoms in total. The Morgan fingerprint density at radius 3 is 2.33 bits per heavy atom. The van der Waals surface area contributed by atoms with E-state index in [1.54, 1.807) is 11.8 Å². The van der Waals surface area contributed by atoms with Gasteiger partial charge in [0, 0.05) is 5.56 Å². The van der Waals surface area contributed by atoms with Crippen LogP contribution in [-0.4, -0.2) is 17.3 Å². The molecule has 0 unspecified atom stereocenters. The normalized spacial score (nSPS) is 10.7. The molecule has 1 rings (SSSR count). The van der Waals surface area contributed by atoms with Gasteiger partial charge in [-0.25, -0.2) is 0 Å². The fourth-order valence-corrected chi connectivity index (χ4v) is 1.89. The highest BCUT2D eigenvalue weighted by atomic mass is 32.2. The summed E-state index contributed by atoms with van der Waals surface area (Å²) in [5, 5.41) is 0. The zero-order valence-electron chi connectivity index (χ0n) is 9.62. The number of thioether (sulfide) groups is 1. The summed E-state index contributed by atoms with van der Waals surface area (Å²) in [6.45, 7) is 6.38. The third kappa shape index (κ3) is 3.71. The highest BCUT2D eigenvalue weighted by Gasteiger charge is 2.05. The predicted octanol–water partition coefficient (Wildman–Crippen LogP) is 3.75. The van der Waals surface area contributed by atoms with Crippen LogP contribution in [0.25, 0.3) is 0 Å². The highest BCUT2D eigenvalue weighted by Crippen LogP contribution is 2.15. The van der Waals surface area contributed by atoms with Crippen molar-refractivity contribution < 1.29 is 4.79 Å². The predicted molar refractivity (Wildman–Crippen MR) is 67.9 cm³/mol. The van der Waals surface area contributed by atoms with E-state index in [-0.39, 0.29) is 5.78 Å². The second kappa shape index (κ2) is 5.96. The van der Waals surface area contributed by atoms with Crippen molar-refractivity contribution in [2.75, 3.05) is 11.5 Å². The van der Waals surface area contributed by atoms with E-state index in [4.69, 9.17) is 0 Å². The van der Waals surface area contributed by atoms with Gasteiger partial charge in [-0.1, -0.05) is 45.0 Å². The van der Waals surface area contributed by atoms with Gasteiger partial charge >= 0.3 is 0 Å². The Hall–Kier alpha value is -0.760. The number of hydrogen-bond donors (Lipinski definition) is 0. The molecule has 2 heteroatoms. The van der Waals surface area contributed by atoms with Crippen molar-refractivity contribution >= 4 is 17.5 Å². The zero-order chi connectivity index (χ0) is 11.3. The standard InChI is InChI=1S/C13H18OS/c1-4-15-9-13(14)12-7-5-11(6-8-12)10(2)3/h5-8,10H,4,9H2,1-3H3. The van der Waals surface area contributed by atoms with E-state index in [1.165, 1.54) is 5.56 Å². The average molecular weight is 222 g/mol.